The minimum Gasteiger partial charge on any atom is -0.317 e. The van der Waals surface area contributed by atoms with Crippen LogP contribution in [-0.2, 0) is 6.54 Å². The van der Waals surface area contributed by atoms with Crippen LogP contribution in [0.15, 0.2) is 18.2 Å². The Bertz CT molecular complexity index is 316. The summed E-state index contributed by atoms with van der Waals surface area (Å²) in [7, 11) is 0. The number of halogens is 2. The van der Waals surface area contributed by atoms with Crippen LogP contribution in [0.4, 0.5) is 8.78 Å². The van der Waals surface area contributed by atoms with Crippen molar-refractivity contribution in [1.82, 2.24) is 10.6 Å². The molecular formula is C12H18F2N2. The van der Waals surface area contributed by atoms with E-state index in [9.17, 15) is 8.78 Å². The zero-order valence-corrected chi connectivity index (χ0v) is 9.52. The summed E-state index contributed by atoms with van der Waals surface area (Å²) in [6.45, 7) is 5.24. The average Bonchev–Trinajstić information content (AvgIpc) is 2.26. The molecule has 0 aliphatic heterocycles. The van der Waals surface area contributed by atoms with Gasteiger partial charge in [0.05, 0.1) is 0 Å². The van der Waals surface area contributed by atoms with Crippen LogP contribution in [-0.4, -0.2) is 19.6 Å². The SMILES string of the molecule is CCNCCCNCc1ccc(F)cc1F. The first-order valence-electron chi connectivity index (χ1n) is 5.59. The fourth-order valence-electron chi connectivity index (χ4n) is 1.40. The predicted molar refractivity (Wildman–Crippen MR) is 61.2 cm³/mol. The molecule has 2 N–H and O–H groups in total. The van der Waals surface area contributed by atoms with Crippen molar-refractivity contribution in [3.8, 4) is 0 Å². The highest BCUT2D eigenvalue weighted by Gasteiger charge is 2.02. The van der Waals surface area contributed by atoms with Gasteiger partial charge in [0, 0.05) is 18.2 Å². The summed E-state index contributed by atoms with van der Waals surface area (Å²) in [5, 5.41) is 6.32. The molecule has 1 aromatic carbocycles. The van der Waals surface area contributed by atoms with E-state index in [2.05, 4.69) is 17.6 Å². The van der Waals surface area contributed by atoms with E-state index in [1.165, 1.54) is 12.1 Å². The van der Waals surface area contributed by atoms with Gasteiger partial charge in [-0.2, -0.15) is 0 Å². The van der Waals surface area contributed by atoms with E-state index in [1.54, 1.807) is 0 Å². The van der Waals surface area contributed by atoms with Crippen molar-refractivity contribution >= 4 is 0 Å². The van der Waals surface area contributed by atoms with E-state index in [4.69, 9.17) is 0 Å². The lowest BCUT2D eigenvalue weighted by Crippen LogP contribution is -2.21. The monoisotopic (exact) mass is 228 g/mol. The lowest BCUT2D eigenvalue weighted by molar-refractivity contribution is 0.553. The third kappa shape index (κ3) is 4.68. The van der Waals surface area contributed by atoms with E-state index in [1.807, 2.05) is 0 Å². The first kappa shape index (κ1) is 13.1. The van der Waals surface area contributed by atoms with Gasteiger partial charge in [-0.25, -0.2) is 8.78 Å². The van der Waals surface area contributed by atoms with Crippen molar-refractivity contribution in [2.45, 2.75) is 19.9 Å². The van der Waals surface area contributed by atoms with Gasteiger partial charge in [0.1, 0.15) is 11.6 Å². The van der Waals surface area contributed by atoms with E-state index in [-0.39, 0.29) is 0 Å². The van der Waals surface area contributed by atoms with Crippen LogP contribution >= 0.6 is 0 Å². The van der Waals surface area contributed by atoms with Gasteiger partial charge in [-0.3, -0.25) is 0 Å². The minimum absolute atomic E-state index is 0.443. The van der Waals surface area contributed by atoms with Crippen LogP contribution in [0.25, 0.3) is 0 Å². The van der Waals surface area contributed by atoms with Gasteiger partial charge in [0.25, 0.3) is 0 Å². The summed E-state index contributed by atoms with van der Waals surface area (Å²) in [6, 6.07) is 3.66. The Balaban J connectivity index is 2.21. The summed E-state index contributed by atoms with van der Waals surface area (Å²) in [5.74, 6) is -1.02. The molecule has 0 unspecified atom stereocenters. The molecule has 0 bridgehead atoms. The first-order chi connectivity index (χ1) is 7.74. The van der Waals surface area contributed by atoms with E-state index < -0.39 is 11.6 Å². The second-order valence-electron chi connectivity index (χ2n) is 3.62. The molecular weight excluding hydrogens is 210 g/mol. The Morgan fingerprint density at radius 1 is 1.12 bits per heavy atom. The van der Waals surface area contributed by atoms with Crippen molar-refractivity contribution in [3.05, 3.63) is 35.4 Å². The molecule has 0 radical (unpaired) electrons. The van der Waals surface area contributed by atoms with Gasteiger partial charge < -0.3 is 10.6 Å². The molecule has 0 saturated heterocycles. The minimum atomic E-state index is -0.534. The summed E-state index contributed by atoms with van der Waals surface area (Å²) < 4.78 is 25.8. The molecule has 0 fully saturated rings. The lowest BCUT2D eigenvalue weighted by atomic mass is 10.2. The maximum absolute atomic E-state index is 13.2. The second-order valence-corrected chi connectivity index (χ2v) is 3.62. The molecule has 0 amide bonds. The van der Waals surface area contributed by atoms with Gasteiger partial charge in [-0.1, -0.05) is 13.0 Å². The smallest absolute Gasteiger partial charge is 0.130 e. The van der Waals surface area contributed by atoms with E-state index in [0.29, 0.717) is 12.1 Å². The van der Waals surface area contributed by atoms with Crippen molar-refractivity contribution in [3.63, 3.8) is 0 Å². The molecule has 0 heterocycles. The van der Waals surface area contributed by atoms with Gasteiger partial charge in [-0.05, 0) is 32.1 Å². The van der Waals surface area contributed by atoms with Crippen LogP contribution in [0.1, 0.15) is 18.9 Å². The average molecular weight is 228 g/mol. The van der Waals surface area contributed by atoms with Crippen molar-refractivity contribution in [2.24, 2.45) is 0 Å². The molecule has 1 rings (SSSR count). The molecule has 1 aromatic rings. The topological polar surface area (TPSA) is 24.1 Å². The first-order valence-corrected chi connectivity index (χ1v) is 5.59. The highest BCUT2D eigenvalue weighted by atomic mass is 19.1. The van der Waals surface area contributed by atoms with Gasteiger partial charge in [0.15, 0.2) is 0 Å². The van der Waals surface area contributed by atoms with Crippen molar-refractivity contribution in [2.75, 3.05) is 19.6 Å². The Morgan fingerprint density at radius 2 is 1.88 bits per heavy atom. The number of hydrogen-bond donors (Lipinski definition) is 2. The van der Waals surface area contributed by atoms with Crippen LogP contribution in [0.5, 0.6) is 0 Å². The van der Waals surface area contributed by atoms with Crippen molar-refractivity contribution in [1.29, 1.82) is 0 Å². The normalized spacial score (nSPS) is 10.7. The summed E-state index contributed by atoms with van der Waals surface area (Å²) >= 11 is 0. The predicted octanol–water partition coefficient (Wildman–Crippen LogP) is 2.05. The summed E-state index contributed by atoms with van der Waals surface area (Å²) in [6.07, 6.45) is 0.997. The highest BCUT2D eigenvalue weighted by Crippen LogP contribution is 2.08. The molecule has 0 aromatic heterocycles. The molecule has 90 valence electrons. The molecule has 0 aliphatic carbocycles. The highest BCUT2D eigenvalue weighted by molar-refractivity contribution is 5.18. The van der Waals surface area contributed by atoms with Crippen LogP contribution in [0, 0.1) is 11.6 Å². The number of rotatable bonds is 7. The molecule has 2 nitrogen and oxygen atoms in total. The maximum Gasteiger partial charge on any atom is 0.130 e. The van der Waals surface area contributed by atoms with Crippen LogP contribution in [0.2, 0.25) is 0 Å². The van der Waals surface area contributed by atoms with E-state index >= 15 is 0 Å². The third-order valence-corrected chi connectivity index (χ3v) is 2.29. The van der Waals surface area contributed by atoms with E-state index in [0.717, 1.165) is 32.1 Å². The third-order valence-electron chi connectivity index (χ3n) is 2.29. The summed E-state index contributed by atoms with van der Waals surface area (Å²) in [4.78, 5) is 0. The van der Waals surface area contributed by atoms with Crippen molar-refractivity contribution < 1.29 is 8.78 Å². The van der Waals surface area contributed by atoms with Crippen LogP contribution < -0.4 is 10.6 Å². The summed E-state index contributed by atoms with van der Waals surface area (Å²) in [5.41, 5.74) is 0.504. The van der Waals surface area contributed by atoms with Gasteiger partial charge in [0.2, 0.25) is 0 Å². The Morgan fingerprint density at radius 3 is 2.56 bits per heavy atom. The zero-order chi connectivity index (χ0) is 11.8. The fraction of sp³-hybridized carbons (Fsp3) is 0.500. The number of nitrogens with one attached hydrogen (secondary N) is 2. The molecule has 0 aliphatic rings. The van der Waals surface area contributed by atoms with Gasteiger partial charge >= 0.3 is 0 Å². The molecule has 4 heteroatoms. The number of hydrogen-bond acceptors (Lipinski definition) is 2. The molecule has 16 heavy (non-hydrogen) atoms. The molecule has 0 saturated carbocycles. The standard InChI is InChI=1S/C12H18F2N2/c1-2-15-6-3-7-16-9-10-4-5-11(13)8-12(10)14/h4-5,8,15-16H,2-3,6-7,9H2,1H3. The largest absolute Gasteiger partial charge is 0.317 e. The molecule has 0 spiro atoms. The Labute approximate surface area is 95.1 Å². The quantitative estimate of drug-likeness (QED) is 0.698. The lowest BCUT2D eigenvalue weighted by Gasteiger charge is -2.06. The second kappa shape index (κ2) is 7.30. The number of benzene rings is 1. The fourth-order valence-corrected chi connectivity index (χ4v) is 1.40. The maximum atomic E-state index is 13.2. The molecule has 0 atom stereocenters. The van der Waals surface area contributed by atoms with Crippen LogP contribution in [0.3, 0.4) is 0 Å². The Hall–Kier alpha value is -1.00. The van der Waals surface area contributed by atoms with Gasteiger partial charge in [-0.15, -0.1) is 0 Å². The zero-order valence-electron chi connectivity index (χ0n) is 9.52. The Kier molecular flexibility index (Phi) is 5.96.